The topological polar surface area (TPSA) is 23.8 Å². The number of nitrogens with zero attached hydrogens (tertiary/aromatic N) is 1. The molecule has 2 atom stereocenters. The van der Waals surface area contributed by atoms with Gasteiger partial charge < -0.3 is 0 Å². The Morgan fingerprint density at radius 3 is 2.75 bits per heavy atom. The quantitative estimate of drug-likeness (QED) is 0.687. The molecular formula is C14H16BrN. The highest BCUT2D eigenvalue weighted by molar-refractivity contribution is 9.10. The van der Waals surface area contributed by atoms with Gasteiger partial charge in [-0.1, -0.05) is 47.3 Å². The van der Waals surface area contributed by atoms with Crippen LogP contribution in [-0.2, 0) is 0 Å². The number of hydrogen-bond donors (Lipinski definition) is 0. The lowest BCUT2D eigenvalue weighted by atomic mass is 9.83. The smallest absolute Gasteiger partial charge is 0.0662 e. The molecule has 1 aliphatic carbocycles. The summed E-state index contributed by atoms with van der Waals surface area (Å²) in [5, 5.41) is 9.26. The number of rotatable bonds is 1. The first-order valence-electron chi connectivity index (χ1n) is 5.96. The minimum Gasteiger partial charge on any atom is -0.198 e. The first-order valence-corrected chi connectivity index (χ1v) is 6.75. The second kappa shape index (κ2) is 5.50. The molecule has 0 saturated heterocycles. The second-order valence-corrected chi connectivity index (χ2v) is 5.45. The van der Waals surface area contributed by atoms with Gasteiger partial charge in [0.2, 0.25) is 0 Å². The molecule has 0 amide bonds. The van der Waals surface area contributed by atoms with Crippen molar-refractivity contribution in [3.63, 3.8) is 0 Å². The zero-order valence-corrected chi connectivity index (χ0v) is 10.9. The largest absolute Gasteiger partial charge is 0.198 e. The molecule has 1 aromatic rings. The van der Waals surface area contributed by atoms with Crippen molar-refractivity contribution in [2.24, 2.45) is 5.92 Å². The number of halogens is 1. The molecule has 0 bridgehead atoms. The average Bonchev–Trinajstić information content (AvgIpc) is 2.53. The highest BCUT2D eigenvalue weighted by atomic mass is 79.9. The Balaban J connectivity index is 2.26. The maximum absolute atomic E-state index is 9.26. The first-order chi connectivity index (χ1) is 7.81. The Kier molecular flexibility index (Phi) is 4.01. The molecular weight excluding hydrogens is 262 g/mol. The molecule has 2 rings (SSSR count). The Labute approximate surface area is 106 Å². The predicted octanol–water partition coefficient (Wildman–Crippen LogP) is 4.64. The SMILES string of the molecule is N#CC1CCCCCC1c1cccc(Br)c1. The van der Waals surface area contributed by atoms with Crippen LogP contribution in [0.2, 0.25) is 0 Å². The molecule has 0 spiro atoms. The van der Waals surface area contributed by atoms with Gasteiger partial charge in [-0.3, -0.25) is 0 Å². The van der Waals surface area contributed by atoms with Gasteiger partial charge in [-0.05, 0) is 36.5 Å². The van der Waals surface area contributed by atoms with E-state index in [0.717, 1.165) is 17.3 Å². The summed E-state index contributed by atoms with van der Waals surface area (Å²) in [5.41, 5.74) is 1.32. The van der Waals surface area contributed by atoms with Crippen molar-refractivity contribution in [3.05, 3.63) is 34.3 Å². The van der Waals surface area contributed by atoms with E-state index >= 15 is 0 Å². The minimum absolute atomic E-state index is 0.205. The molecule has 1 aromatic carbocycles. The van der Waals surface area contributed by atoms with Gasteiger partial charge in [-0.25, -0.2) is 0 Å². The number of nitriles is 1. The predicted molar refractivity (Wildman–Crippen MR) is 69.1 cm³/mol. The van der Waals surface area contributed by atoms with Crippen molar-refractivity contribution in [1.82, 2.24) is 0 Å². The monoisotopic (exact) mass is 277 g/mol. The number of hydrogen-bond acceptors (Lipinski definition) is 1. The molecule has 0 aromatic heterocycles. The zero-order valence-electron chi connectivity index (χ0n) is 9.32. The summed E-state index contributed by atoms with van der Waals surface area (Å²) >= 11 is 3.51. The minimum atomic E-state index is 0.205. The Hall–Kier alpha value is -0.810. The molecule has 2 heteroatoms. The van der Waals surface area contributed by atoms with E-state index in [1.807, 2.05) is 6.07 Å². The van der Waals surface area contributed by atoms with Crippen LogP contribution in [0.25, 0.3) is 0 Å². The summed E-state index contributed by atoms with van der Waals surface area (Å²) in [7, 11) is 0. The Bertz CT molecular complexity index is 394. The molecule has 84 valence electrons. The van der Waals surface area contributed by atoms with E-state index in [4.69, 9.17) is 0 Å². The third-order valence-corrected chi connectivity index (χ3v) is 3.95. The van der Waals surface area contributed by atoms with Crippen molar-refractivity contribution in [1.29, 1.82) is 5.26 Å². The molecule has 2 unspecified atom stereocenters. The Morgan fingerprint density at radius 2 is 2.00 bits per heavy atom. The Morgan fingerprint density at radius 1 is 1.19 bits per heavy atom. The molecule has 0 aliphatic heterocycles. The second-order valence-electron chi connectivity index (χ2n) is 4.54. The highest BCUT2D eigenvalue weighted by Crippen LogP contribution is 2.36. The summed E-state index contributed by atoms with van der Waals surface area (Å²) in [6, 6.07) is 10.9. The van der Waals surface area contributed by atoms with E-state index in [0.29, 0.717) is 5.92 Å². The van der Waals surface area contributed by atoms with Crippen molar-refractivity contribution < 1.29 is 0 Å². The maximum atomic E-state index is 9.26. The van der Waals surface area contributed by atoms with Gasteiger partial charge in [-0.15, -0.1) is 0 Å². The molecule has 1 fully saturated rings. The van der Waals surface area contributed by atoms with Gasteiger partial charge in [0.1, 0.15) is 0 Å². The molecule has 0 N–H and O–H groups in total. The van der Waals surface area contributed by atoms with E-state index < -0.39 is 0 Å². The van der Waals surface area contributed by atoms with Crippen molar-refractivity contribution in [2.45, 2.75) is 38.0 Å². The van der Waals surface area contributed by atoms with Crippen LogP contribution in [0.5, 0.6) is 0 Å². The first kappa shape index (κ1) is 11.7. The van der Waals surface area contributed by atoms with Gasteiger partial charge in [0.25, 0.3) is 0 Å². The summed E-state index contributed by atoms with van der Waals surface area (Å²) in [6.07, 6.45) is 5.98. The fraction of sp³-hybridized carbons (Fsp3) is 0.500. The lowest BCUT2D eigenvalue weighted by molar-refractivity contribution is 0.490. The lowest BCUT2D eigenvalue weighted by Crippen LogP contribution is -2.09. The van der Waals surface area contributed by atoms with Crippen LogP contribution in [-0.4, -0.2) is 0 Å². The molecule has 1 nitrogen and oxygen atoms in total. The van der Waals surface area contributed by atoms with Crippen molar-refractivity contribution in [3.8, 4) is 6.07 Å². The average molecular weight is 278 g/mol. The van der Waals surface area contributed by atoms with Gasteiger partial charge >= 0.3 is 0 Å². The molecule has 16 heavy (non-hydrogen) atoms. The van der Waals surface area contributed by atoms with Crippen LogP contribution in [0.3, 0.4) is 0 Å². The van der Waals surface area contributed by atoms with Crippen LogP contribution in [0.1, 0.15) is 43.6 Å². The van der Waals surface area contributed by atoms with Crippen LogP contribution >= 0.6 is 15.9 Å². The van der Waals surface area contributed by atoms with Gasteiger partial charge in [0.15, 0.2) is 0 Å². The maximum Gasteiger partial charge on any atom is 0.0662 e. The van der Waals surface area contributed by atoms with Gasteiger partial charge in [0, 0.05) is 4.47 Å². The van der Waals surface area contributed by atoms with E-state index in [1.54, 1.807) is 0 Å². The summed E-state index contributed by atoms with van der Waals surface area (Å²) in [5.74, 6) is 0.641. The fourth-order valence-corrected chi connectivity index (χ4v) is 3.02. The zero-order chi connectivity index (χ0) is 11.4. The molecule has 0 heterocycles. The molecule has 1 aliphatic rings. The van der Waals surface area contributed by atoms with Crippen LogP contribution in [0.4, 0.5) is 0 Å². The molecule has 1 saturated carbocycles. The van der Waals surface area contributed by atoms with E-state index in [2.05, 4.69) is 40.2 Å². The van der Waals surface area contributed by atoms with Crippen LogP contribution < -0.4 is 0 Å². The number of benzene rings is 1. The van der Waals surface area contributed by atoms with Crippen LogP contribution in [0, 0.1) is 17.2 Å². The van der Waals surface area contributed by atoms with Crippen molar-refractivity contribution >= 4 is 15.9 Å². The van der Waals surface area contributed by atoms with E-state index in [-0.39, 0.29) is 5.92 Å². The van der Waals surface area contributed by atoms with Crippen molar-refractivity contribution in [2.75, 3.05) is 0 Å². The summed E-state index contributed by atoms with van der Waals surface area (Å²) in [4.78, 5) is 0. The standard InChI is InChI=1S/C14H16BrN/c15-13-7-4-6-11(9-13)14-8-3-1-2-5-12(14)10-16/h4,6-7,9,12,14H,1-3,5,8H2. The third-order valence-electron chi connectivity index (χ3n) is 3.46. The summed E-state index contributed by atoms with van der Waals surface area (Å²) in [6.45, 7) is 0. The fourth-order valence-electron chi connectivity index (χ4n) is 2.60. The third kappa shape index (κ3) is 2.65. The van der Waals surface area contributed by atoms with E-state index in [9.17, 15) is 5.26 Å². The molecule has 0 radical (unpaired) electrons. The summed E-state index contributed by atoms with van der Waals surface area (Å²) < 4.78 is 1.12. The van der Waals surface area contributed by atoms with Gasteiger partial charge in [0.05, 0.1) is 12.0 Å². The lowest BCUT2D eigenvalue weighted by Gasteiger charge is -2.19. The normalized spacial score (nSPS) is 25.8. The van der Waals surface area contributed by atoms with E-state index in [1.165, 1.54) is 24.8 Å². The van der Waals surface area contributed by atoms with Gasteiger partial charge in [-0.2, -0.15) is 5.26 Å². The van der Waals surface area contributed by atoms with Crippen LogP contribution in [0.15, 0.2) is 28.7 Å². The highest BCUT2D eigenvalue weighted by Gasteiger charge is 2.24.